The number of nitrogen functional groups attached to an aromatic ring is 1. The highest BCUT2D eigenvalue weighted by Gasteiger charge is 2.08. The highest BCUT2D eigenvalue weighted by molar-refractivity contribution is 6.04. The molecule has 0 saturated carbocycles. The van der Waals surface area contributed by atoms with Gasteiger partial charge in [0.05, 0.1) is 18.2 Å². The van der Waals surface area contributed by atoms with Gasteiger partial charge >= 0.3 is 0 Å². The lowest BCUT2D eigenvalue weighted by Gasteiger charge is -2.07. The number of nitrogens with two attached hydrogens (primary N) is 2. The van der Waals surface area contributed by atoms with Gasteiger partial charge in [0.25, 0.3) is 5.91 Å². The van der Waals surface area contributed by atoms with Crippen molar-refractivity contribution < 1.29 is 14.3 Å². The van der Waals surface area contributed by atoms with E-state index in [4.69, 9.17) is 16.2 Å². The maximum absolute atomic E-state index is 12.4. The molecule has 7 nitrogen and oxygen atoms in total. The number of hydrogen-bond acceptors (Lipinski definition) is 5. The number of aromatic nitrogens is 1. The number of anilines is 2. The molecule has 0 aliphatic rings. The molecule has 0 radical (unpaired) electrons. The third-order valence-corrected chi connectivity index (χ3v) is 4.00. The second kappa shape index (κ2) is 8.59. The summed E-state index contributed by atoms with van der Waals surface area (Å²) in [5.41, 5.74) is 13.4. The number of rotatable bonds is 4. The Morgan fingerprint density at radius 1 is 1.03 bits per heavy atom. The van der Waals surface area contributed by atoms with E-state index >= 15 is 0 Å². The Kier molecular flexibility index (Phi) is 5.76. The van der Waals surface area contributed by atoms with Crippen molar-refractivity contribution in [1.29, 1.82) is 0 Å². The summed E-state index contributed by atoms with van der Waals surface area (Å²) in [5.74, 6) is 5.75. The Balaban J connectivity index is 1.80. The molecule has 0 atom stereocenters. The first-order valence-electron chi connectivity index (χ1n) is 8.59. The topological polar surface area (TPSA) is 120 Å². The van der Waals surface area contributed by atoms with E-state index in [2.05, 4.69) is 22.1 Å². The van der Waals surface area contributed by atoms with Crippen molar-refractivity contribution in [2.24, 2.45) is 5.73 Å². The molecule has 1 aromatic heterocycles. The molecule has 0 spiro atoms. The minimum absolute atomic E-state index is 0.199. The molecule has 0 aliphatic heterocycles. The van der Waals surface area contributed by atoms with Crippen LogP contribution in [0.2, 0.25) is 0 Å². The van der Waals surface area contributed by atoms with Gasteiger partial charge in [-0.15, -0.1) is 0 Å². The third-order valence-electron chi connectivity index (χ3n) is 4.00. The van der Waals surface area contributed by atoms with Gasteiger partial charge in [0.1, 0.15) is 11.6 Å². The highest BCUT2D eigenvalue weighted by atomic mass is 16.5. The number of nitrogens with zero attached hydrogens (tertiary/aromatic N) is 1. The molecule has 7 heteroatoms. The van der Waals surface area contributed by atoms with Gasteiger partial charge in [0, 0.05) is 23.0 Å². The van der Waals surface area contributed by atoms with E-state index in [1.54, 1.807) is 55.6 Å². The third kappa shape index (κ3) is 4.90. The normalized spacial score (nSPS) is 9.83. The van der Waals surface area contributed by atoms with E-state index in [0.717, 1.165) is 0 Å². The molecular formula is C22H18N4O3. The number of methoxy groups -OCH3 is 1. The zero-order valence-corrected chi connectivity index (χ0v) is 15.6. The van der Waals surface area contributed by atoms with E-state index < -0.39 is 5.91 Å². The van der Waals surface area contributed by atoms with E-state index in [-0.39, 0.29) is 17.3 Å². The van der Waals surface area contributed by atoms with Crippen molar-refractivity contribution in [2.45, 2.75) is 0 Å². The van der Waals surface area contributed by atoms with Crippen LogP contribution >= 0.6 is 0 Å². The van der Waals surface area contributed by atoms with Crippen LogP contribution in [0.25, 0.3) is 0 Å². The quantitative estimate of drug-likeness (QED) is 0.595. The maximum atomic E-state index is 12.4. The minimum atomic E-state index is -0.609. The Bertz CT molecular complexity index is 1150. The van der Waals surface area contributed by atoms with Crippen LogP contribution in [0, 0.1) is 11.8 Å². The van der Waals surface area contributed by atoms with Crippen molar-refractivity contribution in [3.63, 3.8) is 0 Å². The molecule has 3 rings (SSSR count). The predicted octanol–water partition coefficient (Wildman–Crippen LogP) is 2.42. The molecule has 0 aliphatic carbocycles. The molecule has 3 aromatic rings. The Labute approximate surface area is 167 Å². The summed E-state index contributed by atoms with van der Waals surface area (Å²) in [5, 5.41) is 2.82. The van der Waals surface area contributed by atoms with Crippen LogP contribution in [0.5, 0.6) is 5.75 Å². The number of pyridine rings is 1. The predicted molar refractivity (Wildman–Crippen MR) is 111 cm³/mol. The number of nitrogens with one attached hydrogen (secondary N) is 1. The van der Waals surface area contributed by atoms with Crippen LogP contribution in [-0.2, 0) is 0 Å². The van der Waals surface area contributed by atoms with E-state index in [9.17, 15) is 9.59 Å². The highest BCUT2D eigenvalue weighted by Crippen LogP contribution is 2.16. The van der Waals surface area contributed by atoms with E-state index in [1.807, 2.05) is 0 Å². The monoisotopic (exact) mass is 386 g/mol. The number of amides is 2. The van der Waals surface area contributed by atoms with Crippen molar-refractivity contribution in [2.75, 3.05) is 18.2 Å². The summed E-state index contributed by atoms with van der Waals surface area (Å²) in [4.78, 5) is 27.7. The van der Waals surface area contributed by atoms with Crippen LogP contribution in [0.1, 0.15) is 31.8 Å². The van der Waals surface area contributed by atoms with Crippen molar-refractivity contribution in [3.05, 3.63) is 83.0 Å². The number of benzene rings is 2. The number of primary amides is 1. The van der Waals surface area contributed by atoms with Crippen LogP contribution in [0.4, 0.5) is 11.5 Å². The van der Waals surface area contributed by atoms with Crippen LogP contribution in [-0.4, -0.2) is 23.9 Å². The molecule has 2 aromatic carbocycles. The lowest BCUT2D eigenvalue weighted by atomic mass is 10.1. The second-order valence-electron chi connectivity index (χ2n) is 6.04. The Morgan fingerprint density at radius 3 is 2.59 bits per heavy atom. The molecule has 0 unspecified atom stereocenters. The smallest absolute Gasteiger partial charge is 0.255 e. The van der Waals surface area contributed by atoms with Gasteiger partial charge in [-0.3, -0.25) is 9.59 Å². The molecule has 0 fully saturated rings. The maximum Gasteiger partial charge on any atom is 0.255 e. The average molecular weight is 386 g/mol. The first kappa shape index (κ1) is 19.5. The number of ether oxygens (including phenoxy) is 1. The molecule has 144 valence electrons. The van der Waals surface area contributed by atoms with Crippen molar-refractivity contribution >= 4 is 23.3 Å². The van der Waals surface area contributed by atoms with Crippen LogP contribution in [0.3, 0.4) is 0 Å². The molecule has 0 saturated heterocycles. The number of hydrogen-bond donors (Lipinski definition) is 3. The Hall–Kier alpha value is -4.31. The number of carbonyl (C=O) groups is 2. The fourth-order valence-electron chi connectivity index (χ4n) is 2.49. The van der Waals surface area contributed by atoms with Gasteiger partial charge in [0.2, 0.25) is 5.91 Å². The van der Waals surface area contributed by atoms with Gasteiger partial charge in [-0.2, -0.15) is 0 Å². The molecular weight excluding hydrogens is 368 g/mol. The van der Waals surface area contributed by atoms with E-state index in [1.165, 1.54) is 12.3 Å². The van der Waals surface area contributed by atoms with Gasteiger partial charge in [-0.1, -0.05) is 24.0 Å². The number of carbonyl (C=O) groups excluding carboxylic acids is 2. The van der Waals surface area contributed by atoms with E-state index in [0.29, 0.717) is 28.1 Å². The summed E-state index contributed by atoms with van der Waals surface area (Å²) in [6, 6.07) is 15.4. The lowest BCUT2D eigenvalue weighted by molar-refractivity contribution is 0.0997. The van der Waals surface area contributed by atoms with Gasteiger partial charge in [0.15, 0.2) is 0 Å². The summed E-state index contributed by atoms with van der Waals surface area (Å²) in [6.45, 7) is 0. The largest absolute Gasteiger partial charge is 0.497 e. The van der Waals surface area contributed by atoms with Gasteiger partial charge in [-0.25, -0.2) is 4.98 Å². The molecule has 1 heterocycles. The summed E-state index contributed by atoms with van der Waals surface area (Å²) in [6.07, 6.45) is 1.30. The fraction of sp³-hybridized carbons (Fsp3) is 0.0455. The zero-order valence-electron chi connectivity index (χ0n) is 15.6. The standard InChI is InChI=1S/C22H18N4O3/c1-29-19-7-3-5-16(12-19)22(28)26-18-6-2-4-14(10-18)8-9-15-11-17(21(24)27)13-25-20(15)23/h2-7,10-13H,1H3,(H2,23,25)(H2,24,27)(H,26,28). The van der Waals surface area contributed by atoms with Gasteiger partial charge < -0.3 is 21.5 Å². The summed E-state index contributed by atoms with van der Waals surface area (Å²) < 4.78 is 5.14. The molecule has 29 heavy (non-hydrogen) atoms. The summed E-state index contributed by atoms with van der Waals surface area (Å²) in [7, 11) is 1.54. The first-order valence-corrected chi connectivity index (χ1v) is 8.59. The first-order chi connectivity index (χ1) is 14.0. The zero-order chi connectivity index (χ0) is 20.8. The van der Waals surface area contributed by atoms with Crippen molar-refractivity contribution in [3.8, 4) is 17.6 Å². The fourth-order valence-corrected chi connectivity index (χ4v) is 2.49. The SMILES string of the molecule is COc1cccc(C(=O)Nc2cccc(C#Cc3cc(C(N)=O)cnc3N)c2)c1. The van der Waals surface area contributed by atoms with Crippen LogP contribution in [0.15, 0.2) is 60.8 Å². The molecule has 2 amide bonds. The van der Waals surface area contributed by atoms with Gasteiger partial charge in [-0.05, 0) is 42.5 Å². The average Bonchev–Trinajstić information content (AvgIpc) is 2.73. The van der Waals surface area contributed by atoms with Crippen LogP contribution < -0.4 is 21.5 Å². The molecule has 5 N–H and O–H groups in total. The minimum Gasteiger partial charge on any atom is -0.497 e. The lowest BCUT2D eigenvalue weighted by Crippen LogP contribution is -2.12. The molecule has 0 bridgehead atoms. The summed E-state index contributed by atoms with van der Waals surface area (Å²) >= 11 is 0. The van der Waals surface area contributed by atoms with Crippen molar-refractivity contribution in [1.82, 2.24) is 4.98 Å². The second-order valence-corrected chi connectivity index (χ2v) is 6.04. The Morgan fingerprint density at radius 2 is 1.83 bits per heavy atom.